The van der Waals surface area contributed by atoms with Crippen LogP contribution in [-0.2, 0) is 16.0 Å². The molecule has 0 saturated heterocycles. The van der Waals surface area contributed by atoms with Gasteiger partial charge in [-0.3, -0.25) is 5.43 Å². The van der Waals surface area contributed by atoms with Gasteiger partial charge in [0.05, 0.1) is 0 Å². The van der Waals surface area contributed by atoms with Crippen molar-refractivity contribution in [3.05, 3.63) is 35.9 Å². The predicted octanol–water partition coefficient (Wildman–Crippen LogP) is 0.523. The number of aliphatic carboxylic acids is 1. The first-order chi connectivity index (χ1) is 7.24. The number of hydrogen-bond acceptors (Lipinski definition) is 4. The van der Waals surface area contributed by atoms with E-state index in [2.05, 4.69) is 10.5 Å². The van der Waals surface area contributed by atoms with E-state index < -0.39 is 12.0 Å². The number of hydrazone groups is 1. The molecule has 5 heteroatoms. The molecule has 0 heterocycles. The van der Waals surface area contributed by atoms with Gasteiger partial charge in [-0.15, -0.1) is 0 Å². The van der Waals surface area contributed by atoms with Crippen molar-refractivity contribution in [1.29, 1.82) is 0 Å². The molecule has 1 atom stereocenters. The number of carbonyl (C=O) groups is 1. The zero-order valence-electron chi connectivity index (χ0n) is 7.88. The summed E-state index contributed by atoms with van der Waals surface area (Å²) in [5.41, 5.74) is 3.08. The summed E-state index contributed by atoms with van der Waals surface area (Å²) >= 11 is 0. The van der Waals surface area contributed by atoms with Crippen molar-refractivity contribution in [2.75, 3.05) is 0 Å². The Kier molecular flexibility index (Phi) is 4.06. The molecule has 0 bridgehead atoms. The highest BCUT2D eigenvalue weighted by Crippen LogP contribution is 2.03. The number of carboxylic acids is 1. The molecule has 0 aromatic heterocycles. The molecule has 5 nitrogen and oxygen atoms in total. The molecule has 78 valence electrons. The summed E-state index contributed by atoms with van der Waals surface area (Å²) < 4.78 is 0. The molecule has 1 aromatic carbocycles. The van der Waals surface area contributed by atoms with E-state index in [0.717, 1.165) is 5.56 Å². The van der Waals surface area contributed by atoms with E-state index in [1.54, 1.807) is 0 Å². The maximum Gasteiger partial charge on any atom is 0.328 e. The van der Waals surface area contributed by atoms with Crippen molar-refractivity contribution in [2.45, 2.75) is 12.5 Å². The summed E-state index contributed by atoms with van der Waals surface area (Å²) in [6.07, 6.45) is 1.50. The Balaban J connectivity index is 2.67. The van der Waals surface area contributed by atoms with Gasteiger partial charge < -0.3 is 5.11 Å². The Bertz CT molecular complexity index is 372. The van der Waals surface area contributed by atoms with Crippen molar-refractivity contribution >= 4 is 12.0 Å². The van der Waals surface area contributed by atoms with E-state index in [9.17, 15) is 9.59 Å². The number of benzene rings is 1. The fourth-order valence-corrected chi connectivity index (χ4v) is 1.14. The topological polar surface area (TPSA) is 78.8 Å². The minimum Gasteiger partial charge on any atom is -0.480 e. The van der Waals surface area contributed by atoms with Gasteiger partial charge >= 0.3 is 5.97 Å². The van der Waals surface area contributed by atoms with E-state index in [4.69, 9.17) is 5.11 Å². The minimum absolute atomic E-state index is 0.265. The number of carboxylic acid groups (broad SMARTS) is 1. The zero-order valence-corrected chi connectivity index (χ0v) is 7.88. The Morgan fingerprint density at radius 1 is 1.47 bits per heavy atom. The Labute approximate surface area is 86.4 Å². The second kappa shape index (κ2) is 5.57. The molecule has 0 aliphatic rings. The monoisotopic (exact) mass is 206 g/mol. The molecule has 0 spiro atoms. The maximum atomic E-state index is 10.8. The maximum absolute atomic E-state index is 10.8. The first-order valence-corrected chi connectivity index (χ1v) is 4.33. The molecule has 0 saturated carbocycles. The van der Waals surface area contributed by atoms with Gasteiger partial charge in [-0.1, -0.05) is 35.4 Å². The second-order valence-corrected chi connectivity index (χ2v) is 2.91. The molecule has 0 fully saturated rings. The highest BCUT2D eigenvalue weighted by Gasteiger charge is 2.16. The summed E-state index contributed by atoms with van der Waals surface area (Å²) in [7, 11) is 0. The molecule has 0 radical (unpaired) electrons. The summed E-state index contributed by atoms with van der Waals surface area (Å²) in [6.45, 7) is 0. The first kappa shape index (κ1) is 10.9. The van der Waals surface area contributed by atoms with Crippen molar-refractivity contribution in [3.8, 4) is 0 Å². The lowest BCUT2D eigenvalue weighted by Crippen LogP contribution is -2.35. The summed E-state index contributed by atoms with van der Waals surface area (Å²) in [5, 5.41) is 11.9. The fraction of sp³-hybridized carbons (Fsp3) is 0.200. The van der Waals surface area contributed by atoms with Crippen LogP contribution in [0, 0.1) is 0 Å². The molecule has 0 unspecified atom stereocenters. The SMILES string of the molecule is O=C=NN[C@@H](Cc1ccccc1)C(=O)O. The number of hydrogen-bond donors (Lipinski definition) is 2. The average Bonchev–Trinajstić information content (AvgIpc) is 2.25. The molecule has 2 N–H and O–H groups in total. The van der Waals surface area contributed by atoms with E-state index in [0.29, 0.717) is 0 Å². The van der Waals surface area contributed by atoms with Crippen LogP contribution in [-0.4, -0.2) is 23.2 Å². The molecule has 15 heavy (non-hydrogen) atoms. The van der Waals surface area contributed by atoms with Crippen LogP contribution in [0.15, 0.2) is 35.4 Å². The lowest BCUT2D eigenvalue weighted by molar-refractivity contribution is -0.139. The third-order valence-corrected chi connectivity index (χ3v) is 1.85. The first-order valence-electron chi connectivity index (χ1n) is 4.33. The van der Waals surface area contributed by atoms with E-state index >= 15 is 0 Å². The lowest BCUT2D eigenvalue weighted by atomic mass is 10.1. The van der Waals surface area contributed by atoms with Crippen LogP contribution in [0.2, 0.25) is 0 Å². The van der Waals surface area contributed by atoms with Crippen LogP contribution < -0.4 is 5.43 Å². The molecule has 0 aliphatic heterocycles. The van der Waals surface area contributed by atoms with Gasteiger partial charge in [-0.2, -0.15) is 0 Å². The van der Waals surface area contributed by atoms with Gasteiger partial charge in [0.2, 0.25) is 0 Å². The number of nitrogens with one attached hydrogen (secondary N) is 1. The molecular formula is C10H10N2O3. The number of nitrogens with zero attached hydrogens (tertiary/aromatic N) is 1. The third-order valence-electron chi connectivity index (χ3n) is 1.85. The van der Waals surface area contributed by atoms with Crippen LogP contribution in [0.4, 0.5) is 0 Å². The largest absolute Gasteiger partial charge is 0.480 e. The third kappa shape index (κ3) is 3.62. The highest BCUT2D eigenvalue weighted by atomic mass is 16.4. The van der Waals surface area contributed by atoms with E-state index in [1.165, 1.54) is 6.08 Å². The zero-order chi connectivity index (χ0) is 11.1. The van der Waals surface area contributed by atoms with Gasteiger partial charge in [0.15, 0.2) is 0 Å². The van der Waals surface area contributed by atoms with E-state index in [-0.39, 0.29) is 6.42 Å². The summed E-state index contributed by atoms with van der Waals surface area (Å²) in [6, 6.07) is 8.18. The van der Waals surface area contributed by atoms with Gasteiger partial charge in [-0.05, 0) is 5.56 Å². The van der Waals surface area contributed by atoms with Crippen LogP contribution >= 0.6 is 0 Å². The van der Waals surface area contributed by atoms with Gasteiger partial charge in [0.1, 0.15) is 6.04 Å². The lowest BCUT2D eigenvalue weighted by Gasteiger charge is -2.10. The normalized spacial score (nSPS) is 11.2. The fourth-order valence-electron chi connectivity index (χ4n) is 1.14. The van der Waals surface area contributed by atoms with Crippen molar-refractivity contribution in [2.24, 2.45) is 5.10 Å². The summed E-state index contributed by atoms with van der Waals surface area (Å²) in [4.78, 5) is 20.6. The Morgan fingerprint density at radius 3 is 2.67 bits per heavy atom. The van der Waals surface area contributed by atoms with Crippen LogP contribution in [0.25, 0.3) is 0 Å². The molecule has 1 aromatic rings. The molecule has 0 amide bonds. The standard InChI is InChI=1S/C10H10N2O3/c13-7-11-12-9(10(14)15)6-8-4-2-1-3-5-8/h1-5,9,12H,6H2,(H,14,15)/t9-/m0/s1. The number of isocyanates is 1. The van der Waals surface area contributed by atoms with Crippen molar-refractivity contribution in [1.82, 2.24) is 5.43 Å². The predicted molar refractivity (Wildman–Crippen MR) is 52.8 cm³/mol. The Morgan fingerprint density at radius 2 is 2.13 bits per heavy atom. The molecular weight excluding hydrogens is 196 g/mol. The van der Waals surface area contributed by atoms with Gasteiger partial charge in [-0.25, -0.2) is 9.59 Å². The van der Waals surface area contributed by atoms with Gasteiger partial charge in [0, 0.05) is 6.42 Å². The number of carbonyl (C=O) groups excluding carboxylic acids is 1. The molecule has 1 rings (SSSR count). The molecule has 0 aliphatic carbocycles. The van der Waals surface area contributed by atoms with Crippen molar-refractivity contribution in [3.63, 3.8) is 0 Å². The van der Waals surface area contributed by atoms with Crippen molar-refractivity contribution < 1.29 is 14.7 Å². The second-order valence-electron chi connectivity index (χ2n) is 2.91. The summed E-state index contributed by atoms with van der Waals surface area (Å²) in [5.74, 6) is -1.06. The van der Waals surface area contributed by atoms with Gasteiger partial charge in [0.25, 0.3) is 6.08 Å². The van der Waals surface area contributed by atoms with E-state index in [1.807, 2.05) is 30.3 Å². The minimum atomic E-state index is -1.06. The number of rotatable bonds is 5. The Hall–Kier alpha value is -2.13. The van der Waals surface area contributed by atoms with Crippen LogP contribution in [0.3, 0.4) is 0 Å². The smallest absolute Gasteiger partial charge is 0.328 e. The average molecular weight is 206 g/mol. The highest BCUT2D eigenvalue weighted by molar-refractivity contribution is 5.73. The quantitative estimate of drug-likeness (QED) is 0.418. The van der Waals surface area contributed by atoms with Crippen LogP contribution in [0.5, 0.6) is 0 Å². The van der Waals surface area contributed by atoms with Crippen LogP contribution in [0.1, 0.15) is 5.56 Å².